The van der Waals surface area contributed by atoms with Crippen molar-refractivity contribution in [2.24, 2.45) is 5.92 Å². The van der Waals surface area contributed by atoms with Crippen LogP contribution in [0.25, 0.3) is 11.0 Å². The van der Waals surface area contributed by atoms with Crippen LogP contribution in [-0.4, -0.2) is 85.0 Å². The van der Waals surface area contributed by atoms with Crippen molar-refractivity contribution in [1.29, 1.82) is 0 Å². The second kappa shape index (κ2) is 10.8. The maximum absolute atomic E-state index is 6.14. The molecule has 1 fully saturated rings. The average molecular weight is 532 g/mol. The molecule has 1 aromatic carbocycles. The lowest BCUT2D eigenvalue weighted by atomic mass is 10.1. The molecule has 9 nitrogen and oxygen atoms in total. The molecule has 1 aliphatic heterocycles. The first kappa shape index (κ1) is 24.5. The minimum absolute atomic E-state index is 0.477. The van der Waals surface area contributed by atoms with Crippen LogP contribution in [0.3, 0.4) is 0 Å². The van der Waals surface area contributed by atoms with E-state index in [9.17, 15) is 0 Å². The highest BCUT2D eigenvalue weighted by Gasteiger charge is 2.24. The highest BCUT2D eigenvalue weighted by Crippen LogP contribution is 2.35. The summed E-state index contributed by atoms with van der Waals surface area (Å²) in [4.78, 5) is 15.8. The van der Waals surface area contributed by atoms with E-state index in [0.717, 1.165) is 66.5 Å². The number of ether oxygens (including phenoxy) is 1. The molecular weight excluding hydrogens is 496 g/mol. The Labute approximate surface area is 210 Å². The van der Waals surface area contributed by atoms with Crippen LogP contribution < -0.4 is 19.9 Å². The van der Waals surface area contributed by atoms with Gasteiger partial charge in [0.05, 0.1) is 12.0 Å². The van der Waals surface area contributed by atoms with Gasteiger partial charge in [-0.15, -0.1) is 0 Å². The van der Waals surface area contributed by atoms with Crippen molar-refractivity contribution in [3.05, 3.63) is 28.6 Å². The molecule has 0 bridgehead atoms. The third kappa shape index (κ3) is 5.55. The second-order valence-corrected chi connectivity index (χ2v) is 10.3. The zero-order chi connectivity index (χ0) is 24.2. The Hall–Kier alpha value is -2.59. The van der Waals surface area contributed by atoms with Gasteiger partial charge in [-0.25, -0.2) is 9.97 Å². The van der Waals surface area contributed by atoms with E-state index in [1.54, 1.807) is 6.33 Å². The summed E-state index contributed by atoms with van der Waals surface area (Å²) in [6.07, 6.45) is 1.59. The summed E-state index contributed by atoms with van der Waals surface area (Å²) in [5.74, 6) is 2.32. The summed E-state index contributed by atoms with van der Waals surface area (Å²) in [6, 6.07) is 4.33. The topological polar surface area (TPSA) is 85.4 Å². The lowest BCUT2D eigenvalue weighted by Gasteiger charge is -2.38. The summed E-state index contributed by atoms with van der Waals surface area (Å²) >= 11 is 3.55. The van der Waals surface area contributed by atoms with Gasteiger partial charge in [-0.1, -0.05) is 13.8 Å². The van der Waals surface area contributed by atoms with Crippen molar-refractivity contribution in [3.63, 3.8) is 0 Å². The van der Waals surface area contributed by atoms with E-state index in [0.29, 0.717) is 18.2 Å². The lowest BCUT2D eigenvalue weighted by Crippen LogP contribution is -2.47. The van der Waals surface area contributed by atoms with Gasteiger partial charge in [-0.05, 0) is 48.4 Å². The van der Waals surface area contributed by atoms with Crippen LogP contribution in [-0.2, 0) is 0 Å². The van der Waals surface area contributed by atoms with Crippen LogP contribution in [0.5, 0.6) is 5.75 Å². The quantitative estimate of drug-likeness (QED) is 0.432. The van der Waals surface area contributed by atoms with E-state index >= 15 is 0 Å². The van der Waals surface area contributed by atoms with Gasteiger partial charge in [0.25, 0.3) is 0 Å². The number of halogens is 1. The first-order valence-electron chi connectivity index (χ1n) is 11.8. The van der Waals surface area contributed by atoms with E-state index in [4.69, 9.17) is 4.74 Å². The van der Waals surface area contributed by atoms with Gasteiger partial charge < -0.3 is 24.8 Å². The summed E-state index contributed by atoms with van der Waals surface area (Å²) in [5.41, 5.74) is 4.30. The van der Waals surface area contributed by atoms with Gasteiger partial charge in [-0.3, -0.25) is 5.10 Å². The summed E-state index contributed by atoms with van der Waals surface area (Å²) in [7, 11) is 4.18. The Kier molecular flexibility index (Phi) is 7.77. The Morgan fingerprint density at radius 1 is 1.15 bits per heavy atom. The SMILES string of the molecule is Cc1c(NCCN(C)C)cc(OCC(C)C)cc1N1CCN(c2ncnc3n[nH]c(Br)c23)CC1. The fourth-order valence-corrected chi connectivity index (χ4v) is 4.59. The van der Waals surface area contributed by atoms with Crippen molar-refractivity contribution < 1.29 is 4.74 Å². The van der Waals surface area contributed by atoms with Crippen molar-refractivity contribution in [3.8, 4) is 5.75 Å². The highest BCUT2D eigenvalue weighted by atomic mass is 79.9. The number of nitrogens with one attached hydrogen (secondary N) is 2. The standard InChI is InChI=1S/C24H35BrN8O/c1-16(2)14-34-18-12-19(26-6-7-31(4)5)17(3)20(13-18)32-8-10-33(11-9-32)24-21-22(25)29-30-23(21)27-15-28-24/h12-13,15-16,26H,6-11,14H2,1-5H3,(H,27,28,29,30). The van der Waals surface area contributed by atoms with Crippen LogP contribution in [0.1, 0.15) is 19.4 Å². The number of piperazine rings is 1. The number of anilines is 3. The molecule has 34 heavy (non-hydrogen) atoms. The molecule has 0 spiro atoms. The van der Waals surface area contributed by atoms with Gasteiger partial charge in [-0.2, -0.15) is 5.10 Å². The molecule has 0 amide bonds. The Balaban J connectivity index is 1.53. The predicted octanol–water partition coefficient (Wildman–Crippen LogP) is 3.76. The van der Waals surface area contributed by atoms with Crippen molar-refractivity contribution in [1.82, 2.24) is 25.1 Å². The fraction of sp³-hybridized carbons (Fsp3) is 0.542. The molecule has 0 unspecified atom stereocenters. The van der Waals surface area contributed by atoms with E-state index in [1.165, 1.54) is 11.3 Å². The largest absolute Gasteiger partial charge is 0.493 e. The van der Waals surface area contributed by atoms with E-state index in [-0.39, 0.29) is 0 Å². The lowest BCUT2D eigenvalue weighted by molar-refractivity contribution is 0.271. The number of H-pyrrole nitrogens is 1. The molecule has 1 aliphatic rings. The Morgan fingerprint density at radius 2 is 1.88 bits per heavy atom. The predicted molar refractivity (Wildman–Crippen MR) is 142 cm³/mol. The zero-order valence-electron chi connectivity index (χ0n) is 20.7. The van der Waals surface area contributed by atoms with Crippen molar-refractivity contribution in [2.75, 3.05) is 75.1 Å². The van der Waals surface area contributed by atoms with Crippen LogP contribution >= 0.6 is 15.9 Å². The number of nitrogens with zero attached hydrogens (tertiary/aromatic N) is 6. The minimum atomic E-state index is 0.477. The second-order valence-electron chi connectivity index (χ2n) is 9.46. The molecule has 2 aromatic heterocycles. The molecule has 0 aliphatic carbocycles. The third-order valence-corrected chi connectivity index (χ3v) is 6.59. The van der Waals surface area contributed by atoms with Gasteiger partial charge in [0, 0.05) is 62.8 Å². The average Bonchev–Trinajstić information content (AvgIpc) is 3.20. The smallest absolute Gasteiger partial charge is 0.187 e. The van der Waals surface area contributed by atoms with Gasteiger partial charge in [0.2, 0.25) is 0 Å². The number of rotatable bonds is 9. The van der Waals surface area contributed by atoms with Gasteiger partial charge in [0.1, 0.15) is 22.5 Å². The maximum atomic E-state index is 6.14. The third-order valence-electron chi connectivity index (χ3n) is 6.02. The van der Waals surface area contributed by atoms with Crippen LogP contribution in [0.4, 0.5) is 17.2 Å². The molecule has 0 radical (unpaired) electrons. The molecule has 0 saturated carbocycles. The fourth-order valence-electron chi connectivity index (χ4n) is 4.15. The van der Waals surface area contributed by atoms with Crippen molar-refractivity contribution >= 4 is 44.2 Å². The first-order chi connectivity index (χ1) is 16.3. The molecule has 3 heterocycles. The zero-order valence-corrected chi connectivity index (χ0v) is 22.3. The normalized spacial score (nSPS) is 14.5. The van der Waals surface area contributed by atoms with Crippen LogP contribution in [0, 0.1) is 12.8 Å². The molecular formula is C24H35BrN8O. The van der Waals surface area contributed by atoms with Gasteiger partial charge in [0.15, 0.2) is 5.65 Å². The number of fused-ring (bicyclic) bond motifs is 1. The highest BCUT2D eigenvalue weighted by molar-refractivity contribution is 9.10. The minimum Gasteiger partial charge on any atom is -0.493 e. The Morgan fingerprint density at radius 3 is 2.59 bits per heavy atom. The molecule has 184 valence electrons. The molecule has 2 N–H and O–H groups in total. The molecule has 0 atom stereocenters. The number of hydrogen-bond acceptors (Lipinski definition) is 8. The number of hydrogen-bond donors (Lipinski definition) is 2. The molecule has 1 saturated heterocycles. The molecule has 3 aromatic rings. The van der Waals surface area contributed by atoms with Crippen molar-refractivity contribution in [2.45, 2.75) is 20.8 Å². The Bertz CT molecular complexity index is 1110. The monoisotopic (exact) mass is 530 g/mol. The number of aromatic amines is 1. The summed E-state index contributed by atoms with van der Waals surface area (Å²) in [5, 5.41) is 11.8. The number of benzene rings is 1. The number of likely N-dealkylation sites (N-methyl/N-ethyl adjacent to an activating group) is 1. The molecule has 4 rings (SSSR count). The van der Waals surface area contributed by atoms with E-state index in [2.05, 4.69) is 103 Å². The number of aromatic nitrogens is 4. The first-order valence-corrected chi connectivity index (χ1v) is 12.6. The maximum Gasteiger partial charge on any atom is 0.187 e. The summed E-state index contributed by atoms with van der Waals surface area (Å²) in [6.45, 7) is 12.6. The van der Waals surface area contributed by atoms with Crippen LogP contribution in [0.2, 0.25) is 0 Å². The van der Waals surface area contributed by atoms with E-state index in [1.807, 2.05) is 0 Å². The molecule has 10 heteroatoms. The summed E-state index contributed by atoms with van der Waals surface area (Å²) < 4.78 is 6.96. The van der Waals surface area contributed by atoms with Gasteiger partial charge >= 0.3 is 0 Å². The van der Waals surface area contributed by atoms with E-state index < -0.39 is 0 Å². The van der Waals surface area contributed by atoms with Crippen LogP contribution in [0.15, 0.2) is 23.1 Å².